The van der Waals surface area contributed by atoms with Gasteiger partial charge in [-0.15, -0.1) is 6.42 Å². The van der Waals surface area contributed by atoms with Crippen molar-refractivity contribution in [2.75, 3.05) is 18.8 Å². The third kappa shape index (κ3) is 5.79. The number of nitrogen functional groups attached to an aromatic ring is 1. The Balaban J connectivity index is 1.71. The Bertz CT molecular complexity index is 947. The number of carbonyl (C=O) groups excluding carboxylic acids is 1. The first-order valence-corrected chi connectivity index (χ1v) is 10.2. The smallest absolute Gasteiger partial charge is 0.247 e. The lowest BCUT2D eigenvalue weighted by Crippen LogP contribution is -2.45. The average Bonchev–Trinajstić information content (AvgIpc) is 2.76. The summed E-state index contributed by atoms with van der Waals surface area (Å²) in [5, 5.41) is 6.31. The number of piperidine rings is 1. The van der Waals surface area contributed by atoms with Crippen molar-refractivity contribution >= 4 is 11.6 Å². The molecule has 0 aromatic heterocycles. The maximum Gasteiger partial charge on any atom is 0.247 e. The van der Waals surface area contributed by atoms with Crippen molar-refractivity contribution in [1.29, 1.82) is 0 Å². The lowest BCUT2D eigenvalue weighted by Gasteiger charge is -2.34. The van der Waals surface area contributed by atoms with Crippen molar-refractivity contribution in [2.45, 2.75) is 32.0 Å². The predicted octanol–water partition coefficient (Wildman–Crippen LogP) is 1.92. The van der Waals surface area contributed by atoms with Gasteiger partial charge in [-0.2, -0.15) is 0 Å². The van der Waals surface area contributed by atoms with E-state index in [2.05, 4.69) is 21.5 Å². The standard InChI is InChI=1S/C24H29N5O/c1-2-18-8-3-4-9-19(18)15-28-24(30)14-23(29-13-7-11-21(25)17-29)27-16-20-10-5-6-12-22(20)26/h1,3-6,8-10,12,14,21,27H,7,11,13,15-17,25-26H2,(H,28,30)/b23-14+/t21-/m1/s1. The van der Waals surface area contributed by atoms with Gasteiger partial charge < -0.3 is 27.0 Å². The number of nitrogens with one attached hydrogen (secondary N) is 2. The molecule has 6 N–H and O–H groups in total. The van der Waals surface area contributed by atoms with E-state index < -0.39 is 0 Å². The Labute approximate surface area is 178 Å². The highest BCUT2D eigenvalue weighted by molar-refractivity contribution is 5.88. The molecule has 1 fully saturated rings. The van der Waals surface area contributed by atoms with Crippen LogP contribution in [0.15, 0.2) is 60.4 Å². The first-order chi connectivity index (χ1) is 14.6. The first kappa shape index (κ1) is 21.3. The highest BCUT2D eigenvalue weighted by Crippen LogP contribution is 2.15. The van der Waals surface area contributed by atoms with Crippen LogP contribution in [0.3, 0.4) is 0 Å². The zero-order chi connectivity index (χ0) is 21.3. The maximum atomic E-state index is 12.7. The molecule has 6 nitrogen and oxygen atoms in total. The van der Waals surface area contributed by atoms with Gasteiger partial charge in [-0.05, 0) is 36.1 Å². The van der Waals surface area contributed by atoms with Gasteiger partial charge in [-0.3, -0.25) is 4.79 Å². The molecule has 1 heterocycles. The first-order valence-electron chi connectivity index (χ1n) is 10.2. The van der Waals surface area contributed by atoms with Crippen LogP contribution in [0.4, 0.5) is 5.69 Å². The highest BCUT2D eigenvalue weighted by atomic mass is 16.1. The minimum atomic E-state index is -0.190. The second-order valence-electron chi connectivity index (χ2n) is 7.45. The number of hydrogen-bond donors (Lipinski definition) is 4. The number of para-hydroxylation sites is 1. The number of anilines is 1. The van der Waals surface area contributed by atoms with E-state index in [1.54, 1.807) is 6.08 Å². The van der Waals surface area contributed by atoms with E-state index in [1.807, 2.05) is 48.5 Å². The lowest BCUT2D eigenvalue weighted by molar-refractivity contribution is -0.116. The van der Waals surface area contributed by atoms with Crippen LogP contribution in [-0.2, 0) is 17.9 Å². The van der Waals surface area contributed by atoms with Crippen LogP contribution in [0.2, 0.25) is 0 Å². The van der Waals surface area contributed by atoms with E-state index in [-0.39, 0.29) is 11.9 Å². The van der Waals surface area contributed by atoms with Crippen molar-refractivity contribution in [1.82, 2.24) is 15.5 Å². The molecule has 156 valence electrons. The number of hydrogen-bond acceptors (Lipinski definition) is 5. The van der Waals surface area contributed by atoms with E-state index in [0.717, 1.165) is 47.6 Å². The second-order valence-corrected chi connectivity index (χ2v) is 7.45. The Hall–Kier alpha value is -3.43. The van der Waals surface area contributed by atoms with Gasteiger partial charge in [0.15, 0.2) is 0 Å². The van der Waals surface area contributed by atoms with Gasteiger partial charge >= 0.3 is 0 Å². The van der Waals surface area contributed by atoms with Gasteiger partial charge in [0.1, 0.15) is 5.82 Å². The third-order valence-corrected chi connectivity index (χ3v) is 5.21. The SMILES string of the molecule is C#Cc1ccccc1CNC(=O)/C=C(\NCc1ccccc1N)N1CCC[C@@H](N)C1. The van der Waals surface area contributed by atoms with Gasteiger partial charge in [0, 0.05) is 49.5 Å². The van der Waals surface area contributed by atoms with Gasteiger partial charge in [-0.25, -0.2) is 0 Å². The third-order valence-electron chi connectivity index (χ3n) is 5.21. The molecule has 30 heavy (non-hydrogen) atoms. The largest absolute Gasteiger partial charge is 0.398 e. The Morgan fingerprint density at radius 3 is 2.57 bits per heavy atom. The minimum Gasteiger partial charge on any atom is -0.398 e. The monoisotopic (exact) mass is 403 g/mol. The molecule has 0 bridgehead atoms. The summed E-state index contributed by atoms with van der Waals surface area (Å²) in [6.07, 6.45) is 9.12. The summed E-state index contributed by atoms with van der Waals surface area (Å²) in [6, 6.07) is 15.4. The number of carbonyl (C=O) groups is 1. The summed E-state index contributed by atoms with van der Waals surface area (Å²) < 4.78 is 0. The molecule has 0 unspecified atom stereocenters. The Morgan fingerprint density at radius 1 is 1.13 bits per heavy atom. The normalized spacial score (nSPS) is 16.6. The van der Waals surface area contributed by atoms with Gasteiger partial charge in [-0.1, -0.05) is 42.3 Å². The molecular formula is C24H29N5O. The summed E-state index contributed by atoms with van der Waals surface area (Å²) in [5.41, 5.74) is 15.6. The topological polar surface area (TPSA) is 96.4 Å². The van der Waals surface area contributed by atoms with Crippen LogP contribution in [0.5, 0.6) is 0 Å². The molecule has 1 amide bonds. The van der Waals surface area contributed by atoms with E-state index in [4.69, 9.17) is 17.9 Å². The van der Waals surface area contributed by atoms with Gasteiger partial charge in [0.05, 0.1) is 0 Å². The molecule has 6 heteroatoms. The average molecular weight is 404 g/mol. The number of nitrogens with zero attached hydrogens (tertiary/aromatic N) is 1. The number of nitrogens with two attached hydrogens (primary N) is 2. The number of likely N-dealkylation sites (tertiary alicyclic amines) is 1. The van der Waals surface area contributed by atoms with E-state index >= 15 is 0 Å². The van der Waals surface area contributed by atoms with E-state index in [1.165, 1.54) is 0 Å². The number of benzene rings is 2. The summed E-state index contributed by atoms with van der Waals surface area (Å²) >= 11 is 0. The fraction of sp³-hybridized carbons (Fsp3) is 0.292. The molecule has 0 saturated carbocycles. The van der Waals surface area contributed by atoms with Crippen LogP contribution in [0.25, 0.3) is 0 Å². The summed E-state index contributed by atoms with van der Waals surface area (Å²) in [4.78, 5) is 14.8. The maximum absolute atomic E-state index is 12.7. The van der Waals surface area contributed by atoms with E-state index in [0.29, 0.717) is 19.6 Å². The van der Waals surface area contributed by atoms with E-state index in [9.17, 15) is 4.79 Å². The molecule has 1 atom stereocenters. The molecular weight excluding hydrogens is 374 g/mol. The number of amides is 1. The van der Waals surface area contributed by atoms with Crippen LogP contribution in [0, 0.1) is 12.3 Å². The Morgan fingerprint density at radius 2 is 1.83 bits per heavy atom. The van der Waals surface area contributed by atoms with Gasteiger partial charge in [0.2, 0.25) is 5.91 Å². The molecule has 1 aliphatic rings. The molecule has 0 spiro atoms. The van der Waals surface area contributed by atoms with Crippen LogP contribution in [-0.4, -0.2) is 29.9 Å². The summed E-state index contributed by atoms with van der Waals surface area (Å²) in [7, 11) is 0. The fourth-order valence-electron chi connectivity index (χ4n) is 3.54. The second kappa shape index (κ2) is 10.4. The van der Waals surface area contributed by atoms with Crippen LogP contribution < -0.4 is 22.1 Å². The molecule has 0 radical (unpaired) electrons. The van der Waals surface area contributed by atoms with Crippen LogP contribution in [0.1, 0.15) is 29.5 Å². The van der Waals surface area contributed by atoms with Crippen molar-refractivity contribution in [3.05, 3.63) is 77.1 Å². The minimum absolute atomic E-state index is 0.0938. The van der Waals surface area contributed by atoms with Gasteiger partial charge in [0.25, 0.3) is 0 Å². The quantitative estimate of drug-likeness (QED) is 0.322. The molecule has 0 aliphatic carbocycles. The Kier molecular flexibility index (Phi) is 7.36. The molecule has 2 aromatic rings. The molecule has 1 aliphatic heterocycles. The predicted molar refractivity (Wildman–Crippen MR) is 121 cm³/mol. The summed E-state index contributed by atoms with van der Waals surface area (Å²) in [6.45, 7) is 2.45. The van der Waals surface area contributed by atoms with Crippen molar-refractivity contribution in [2.24, 2.45) is 5.73 Å². The lowest BCUT2D eigenvalue weighted by atomic mass is 10.1. The fourth-order valence-corrected chi connectivity index (χ4v) is 3.54. The summed E-state index contributed by atoms with van der Waals surface area (Å²) in [5.74, 6) is 3.20. The zero-order valence-electron chi connectivity index (χ0n) is 17.1. The van der Waals surface area contributed by atoms with Crippen molar-refractivity contribution in [3.8, 4) is 12.3 Å². The van der Waals surface area contributed by atoms with Crippen molar-refractivity contribution in [3.63, 3.8) is 0 Å². The molecule has 2 aromatic carbocycles. The van der Waals surface area contributed by atoms with Crippen LogP contribution >= 0.6 is 0 Å². The highest BCUT2D eigenvalue weighted by Gasteiger charge is 2.19. The number of rotatable bonds is 7. The molecule has 1 saturated heterocycles. The number of terminal acetylenes is 1. The molecule has 3 rings (SSSR count). The van der Waals surface area contributed by atoms with Crippen molar-refractivity contribution < 1.29 is 4.79 Å². The zero-order valence-corrected chi connectivity index (χ0v) is 17.1.